The third-order valence-corrected chi connectivity index (χ3v) is 6.13. The molecule has 1 aromatic rings. The summed E-state index contributed by atoms with van der Waals surface area (Å²) >= 11 is 0. The number of carbonyl (C=O) groups excluding carboxylic acids is 4. The molecule has 0 fully saturated rings. The van der Waals surface area contributed by atoms with Crippen molar-refractivity contribution in [2.75, 3.05) is 7.11 Å². The molecule has 0 aliphatic carbocycles. The molecule has 0 amide bonds. The SMILES string of the molecule is CCCCC(=O)Oc1ccc(CC(N)(C[C@H](C)OC(=O)C(C)CCC)C(=O)OC)cc1OC(=O)CCCC. The Morgan fingerprint density at radius 3 is 2.00 bits per heavy atom. The Kier molecular flexibility index (Phi) is 14.6. The number of nitrogens with two attached hydrogens (primary N) is 1. The molecular weight excluding hydrogens is 490 g/mol. The van der Waals surface area contributed by atoms with E-state index in [1.807, 2.05) is 20.8 Å². The minimum absolute atomic E-state index is 0.00957. The van der Waals surface area contributed by atoms with Crippen molar-refractivity contribution in [3.05, 3.63) is 23.8 Å². The monoisotopic (exact) mass is 535 g/mol. The van der Waals surface area contributed by atoms with Crippen LogP contribution in [-0.4, -0.2) is 42.6 Å². The van der Waals surface area contributed by atoms with E-state index in [4.69, 9.17) is 24.7 Å². The van der Waals surface area contributed by atoms with E-state index in [9.17, 15) is 19.2 Å². The summed E-state index contributed by atoms with van der Waals surface area (Å²) < 4.78 is 21.5. The number of esters is 4. The van der Waals surface area contributed by atoms with Crippen molar-refractivity contribution >= 4 is 23.9 Å². The lowest BCUT2D eigenvalue weighted by Crippen LogP contribution is -2.53. The number of unbranched alkanes of at least 4 members (excludes halogenated alkanes) is 2. The minimum Gasteiger partial charge on any atom is -0.468 e. The third-order valence-electron chi connectivity index (χ3n) is 6.13. The van der Waals surface area contributed by atoms with Gasteiger partial charge in [0.05, 0.1) is 13.0 Å². The van der Waals surface area contributed by atoms with E-state index in [0.29, 0.717) is 24.8 Å². The first-order valence-electron chi connectivity index (χ1n) is 13.6. The second-order valence-electron chi connectivity index (χ2n) is 9.90. The zero-order valence-corrected chi connectivity index (χ0v) is 23.8. The molecule has 0 saturated heterocycles. The van der Waals surface area contributed by atoms with Crippen molar-refractivity contribution in [1.82, 2.24) is 0 Å². The molecule has 2 unspecified atom stereocenters. The predicted molar refractivity (Wildman–Crippen MR) is 144 cm³/mol. The molecule has 9 heteroatoms. The van der Waals surface area contributed by atoms with Gasteiger partial charge in [0.2, 0.25) is 0 Å². The zero-order chi connectivity index (χ0) is 28.7. The number of benzene rings is 1. The molecule has 38 heavy (non-hydrogen) atoms. The van der Waals surface area contributed by atoms with Gasteiger partial charge in [-0.3, -0.25) is 19.2 Å². The number of hydrogen-bond acceptors (Lipinski definition) is 9. The molecule has 0 saturated carbocycles. The normalized spacial score (nSPS) is 14.1. The Labute approximate surface area is 226 Å². The zero-order valence-electron chi connectivity index (χ0n) is 23.8. The lowest BCUT2D eigenvalue weighted by atomic mass is 9.86. The van der Waals surface area contributed by atoms with Crippen molar-refractivity contribution in [1.29, 1.82) is 0 Å². The van der Waals surface area contributed by atoms with E-state index in [2.05, 4.69) is 0 Å². The average molecular weight is 536 g/mol. The highest BCUT2D eigenvalue weighted by molar-refractivity contribution is 5.81. The number of rotatable bonds is 17. The molecule has 0 spiro atoms. The van der Waals surface area contributed by atoms with Crippen LogP contribution in [0.3, 0.4) is 0 Å². The molecular formula is C29H45NO8. The molecule has 214 valence electrons. The topological polar surface area (TPSA) is 131 Å². The lowest BCUT2D eigenvalue weighted by Gasteiger charge is -2.30. The molecule has 1 aromatic carbocycles. The second kappa shape index (κ2) is 16.8. The molecule has 1 rings (SSSR count). The molecule has 0 aliphatic heterocycles. The van der Waals surface area contributed by atoms with Crippen molar-refractivity contribution in [2.45, 2.75) is 110 Å². The average Bonchev–Trinajstić information content (AvgIpc) is 2.87. The van der Waals surface area contributed by atoms with E-state index >= 15 is 0 Å². The molecule has 9 nitrogen and oxygen atoms in total. The highest BCUT2D eigenvalue weighted by Gasteiger charge is 2.38. The van der Waals surface area contributed by atoms with Crippen LogP contribution in [0, 0.1) is 5.92 Å². The van der Waals surface area contributed by atoms with E-state index < -0.39 is 29.6 Å². The second-order valence-corrected chi connectivity index (χ2v) is 9.90. The van der Waals surface area contributed by atoms with Crippen LogP contribution in [0.25, 0.3) is 0 Å². The largest absolute Gasteiger partial charge is 0.468 e. The van der Waals surface area contributed by atoms with Gasteiger partial charge in [-0.2, -0.15) is 0 Å². The first kappa shape index (κ1) is 33.1. The summed E-state index contributed by atoms with van der Waals surface area (Å²) in [6.07, 6.45) is 4.38. The Bertz CT molecular complexity index is 931. The van der Waals surface area contributed by atoms with Crippen LogP contribution in [0.2, 0.25) is 0 Å². The van der Waals surface area contributed by atoms with E-state index in [1.165, 1.54) is 19.2 Å². The summed E-state index contributed by atoms with van der Waals surface area (Å²) in [4.78, 5) is 49.7. The van der Waals surface area contributed by atoms with Gasteiger partial charge in [-0.1, -0.05) is 53.0 Å². The van der Waals surface area contributed by atoms with Crippen LogP contribution in [0.5, 0.6) is 11.5 Å². The molecule has 0 aliphatic rings. The Balaban J connectivity index is 3.19. The number of ether oxygens (including phenoxy) is 4. The predicted octanol–water partition coefficient (Wildman–Crippen LogP) is 5.05. The first-order chi connectivity index (χ1) is 18.0. The van der Waals surface area contributed by atoms with E-state index in [0.717, 1.165) is 19.3 Å². The summed E-state index contributed by atoms with van der Waals surface area (Å²) in [5.41, 5.74) is 5.56. The summed E-state index contributed by atoms with van der Waals surface area (Å²) in [6.45, 7) is 9.40. The molecule has 3 atom stereocenters. The fourth-order valence-corrected chi connectivity index (χ4v) is 4.03. The van der Waals surface area contributed by atoms with Crippen LogP contribution < -0.4 is 15.2 Å². The van der Waals surface area contributed by atoms with Gasteiger partial charge >= 0.3 is 23.9 Å². The minimum atomic E-state index is -1.52. The Morgan fingerprint density at radius 1 is 0.895 bits per heavy atom. The molecule has 0 heterocycles. The van der Waals surface area contributed by atoms with Crippen LogP contribution >= 0.6 is 0 Å². The maximum Gasteiger partial charge on any atom is 0.326 e. The molecule has 0 bridgehead atoms. The third kappa shape index (κ3) is 11.2. The molecule has 0 radical (unpaired) electrons. The smallest absolute Gasteiger partial charge is 0.326 e. The van der Waals surface area contributed by atoms with Crippen molar-refractivity contribution in [2.24, 2.45) is 11.7 Å². The van der Waals surface area contributed by atoms with Crippen LogP contribution in [-0.2, 0) is 35.1 Å². The van der Waals surface area contributed by atoms with Crippen LogP contribution in [0.1, 0.15) is 98.0 Å². The van der Waals surface area contributed by atoms with Crippen LogP contribution in [0.15, 0.2) is 18.2 Å². The molecule has 0 aromatic heterocycles. The standard InChI is InChI=1S/C29H45NO8/c1-7-10-13-25(31)37-23-16-15-22(17-24(23)38-26(32)14-11-8-2)19-29(30,28(34)35-6)18-21(5)36-27(33)20(4)12-9-3/h15-17,20-21H,7-14,18-19,30H2,1-6H3/t20?,21-,29?/m0/s1. The van der Waals surface area contributed by atoms with Crippen molar-refractivity contribution < 1.29 is 38.1 Å². The highest BCUT2D eigenvalue weighted by Crippen LogP contribution is 2.32. The van der Waals surface area contributed by atoms with Gasteiger partial charge in [-0.15, -0.1) is 0 Å². The summed E-state index contributed by atoms with van der Waals surface area (Å²) in [6, 6.07) is 4.71. The highest BCUT2D eigenvalue weighted by atomic mass is 16.6. The Hall–Kier alpha value is -2.94. The first-order valence-corrected chi connectivity index (χ1v) is 13.6. The van der Waals surface area contributed by atoms with Gasteiger partial charge in [-0.05, 0) is 43.9 Å². The Morgan fingerprint density at radius 2 is 1.47 bits per heavy atom. The van der Waals surface area contributed by atoms with Gasteiger partial charge in [0.25, 0.3) is 0 Å². The van der Waals surface area contributed by atoms with Gasteiger partial charge in [0, 0.05) is 25.7 Å². The van der Waals surface area contributed by atoms with Crippen LogP contribution in [0.4, 0.5) is 0 Å². The van der Waals surface area contributed by atoms with Gasteiger partial charge < -0.3 is 24.7 Å². The fourth-order valence-electron chi connectivity index (χ4n) is 4.03. The summed E-state index contributed by atoms with van der Waals surface area (Å²) in [5, 5.41) is 0. The fraction of sp³-hybridized carbons (Fsp3) is 0.655. The summed E-state index contributed by atoms with van der Waals surface area (Å²) in [5.74, 6) is -1.96. The number of carbonyl (C=O) groups is 4. The summed E-state index contributed by atoms with van der Waals surface area (Å²) in [7, 11) is 1.24. The van der Waals surface area contributed by atoms with E-state index in [-0.39, 0.29) is 49.1 Å². The number of hydrogen-bond donors (Lipinski definition) is 1. The van der Waals surface area contributed by atoms with Gasteiger partial charge in [-0.25, -0.2) is 0 Å². The maximum absolute atomic E-state index is 12.7. The molecule has 2 N–H and O–H groups in total. The lowest BCUT2D eigenvalue weighted by molar-refractivity contribution is -0.157. The van der Waals surface area contributed by atoms with Crippen molar-refractivity contribution in [3.63, 3.8) is 0 Å². The number of methoxy groups -OCH3 is 1. The maximum atomic E-state index is 12.7. The van der Waals surface area contributed by atoms with Crippen molar-refractivity contribution in [3.8, 4) is 11.5 Å². The quantitative estimate of drug-likeness (QED) is 0.215. The van der Waals surface area contributed by atoms with Gasteiger partial charge in [0.15, 0.2) is 11.5 Å². The van der Waals surface area contributed by atoms with Gasteiger partial charge in [0.1, 0.15) is 11.6 Å². The van der Waals surface area contributed by atoms with E-state index in [1.54, 1.807) is 19.9 Å².